The monoisotopic (exact) mass is 266 g/mol. The maximum Gasteiger partial charge on any atom is 0.420 e. The first kappa shape index (κ1) is 12.9. The summed E-state index contributed by atoms with van der Waals surface area (Å²) in [6.07, 6.45) is -0.426. The van der Waals surface area contributed by atoms with E-state index < -0.39 is 11.7 Å². The van der Waals surface area contributed by atoms with E-state index in [2.05, 4.69) is 4.98 Å². The Morgan fingerprint density at radius 3 is 2.67 bits per heavy atom. The zero-order valence-electron chi connectivity index (χ0n) is 10.8. The van der Waals surface area contributed by atoms with E-state index in [0.717, 1.165) is 0 Å². The fraction of sp³-hybridized carbons (Fsp3) is 0.385. The number of imidazole rings is 1. The predicted molar refractivity (Wildman–Crippen MR) is 71.1 cm³/mol. The van der Waals surface area contributed by atoms with Crippen LogP contribution in [0.3, 0.4) is 0 Å². The molecule has 0 unspecified atom stereocenters. The molecule has 0 saturated carbocycles. The second-order valence-corrected chi connectivity index (χ2v) is 5.54. The van der Waals surface area contributed by atoms with Crippen LogP contribution in [0.2, 0.25) is 5.02 Å². The fourth-order valence-corrected chi connectivity index (χ4v) is 1.88. The maximum atomic E-state index is 12.1. The lowest BCUT2D eigenvalue weighted by Gasteiger charge is -2.20. The van der Waals surface area contributed by atoms with Crippen LogP contribution in [0.5, 0.6) is 0 Å². The number of benzene rings is 1. The molecule has 0 atom stereocenters. The highest BCUT2D eigenvalue weighted by molar-refractivity contribution is 6.31. The highest BCUT2D eigenvalue weighted by atomic mass is 35.5. The number of hydrogen-bond acceptors (Lipinski definition) is 3. The van der Waals surface area contributed by atoms with Gasteiger partial charge in [-0.05, 0) is 45.9 Å². The summed E-state index contributed by atoms with van der Waals surface area (Å²) in [5.41, 5.74) is 0.851. The summed E-state index contributed by atoms with van der Waals surface area (Å²) in [6.45, 7) is 7.25. The number of nitrogens with zero attached hydrogens (tertiary/aromatic N) is 2. The fourth-order valence-electron chi connectivity index (χ4n) is 1.71. The predicted octanol–water partition coefficient (Wildman–Crippen LogP) is 3.78. The van der Waals surface area contributed by atoms with Gasteiger partial charge in [-0.3, -0.25) is 0 Å². The summed E-state index contributed by atoms with van der Waals surface area (Å²) < 4.78 is 6.81. The number of carbonyl (C=O) groups is 1. The molecule has 1 aromatic heterocycles. The van der Waals surface area contributed by atoms with Gasteiger partial charge in [0.25, 0.3) is 0 Å². The summed E-state index contributed by atoms with van der Waals surface area (Å²) >= 11 is 5.90. The Hall–Kier alpha value is -1.55. The van der Waals surface area contributed by atoms with Crippen LogP contribution in [0.15, 0.2) is 18.2 Å². The SMILES string of the molecule is Cc1nc2cc(Cl)ccc2n1C(=O)OC(C)(C)C. The molecule has 0 bridgehead atoms. The minimum Gasteiger partial charge on any atom is -0.443 e. The number of rotatable bonds is 0. The molecule has 0 amide bonds. The molecule has 0 radical (unpaired) electrons. The molecule has 1 aromatic carbocycles. The summed E-state index contributed by atoms with van der Waals surface area (Å²) in [4.78, 5) is 16.4. The lowest BCUT2D eigenvalue weighted by Crippen LogP contribution is -2.27. The van der Waals surface area contributed by atoms with Gasteiger partial charge < -0.3 is 4.74 Å². The number of aromatic nitrogens is 2. The number of ether oxygens (including phenoxy) is 1. The van der Waals surface area contributed by atoms with Crippen molar-refractivity contribution in [1.82, 2.24) is 9.55 Å². The standard InChI is InChI=1S/C13H15ClN2O2/c1-8-15-10-7-9(14)5-6-11(10)16(8)12(17)18-13(2,3)4/h5-7H,1-4H3. The lowest BCUT2D eigenvalue weighted by molar-refractivity contribution is 0.0540. The van der Waals surface area contributed by atoms with Crippen LogP contribution < -0.4 is 0 Å². The molecule has 5 heteroatoms. The van der Waals surface area contributed by atoms with Gasteiger partial charge in [-0.15, -0.1) is 0 Å². The van der Waals surface area contributed by atoms with E-state index in [0.29, 0.717) is 21.9 Å². The Bertz CT molecular complexity index is 611. The van der Waals surface area contributed by atoms with Crippen LogP contribution in [0.1, 0.15) is 26.6 Å². The molecular formula is C13H15ClN2O2. The Kier molecular flexibility index (Phi) is 3.07. The van der Waals surface area contributed by atoms with Gasteiger partial charge in [0.2, 0.25) is 0 Å². The topological polar surface area (TPSA) is 44.1 Å². The Morgan fingerprint density at radius 2 is 2.06 bits per heavy atom. The quantitative estimate of drug-likeness (QED) is 0.729. The van der Waals surface area contributed by atoms with E-state index >= 15 is 0 Å². The summed E-state index contributed by atoms with van der Waals surface area (Å²) in [5, 5.41) is 0.594. The van der Waals surface area contributed by atoms with Crippen molar-refractivity contribution in [2.75, 3.05) is 0 Å². The average Bonchev–Trinajstić information content (AvgIpc) is 2.50. The van der Waals surface area contributed by atoms with Crippen LogP contribution in [0.4, 0.5) is 4.79 Å². The summed E-state index contributed by atoms with van der Waals surface area (Å²) in [7, 11) is 0. The van der Waals surface area contributed by atoms with Gasteiger partial charge in [0.15, 0.2) is 0 Å². The van der Waals surface area contributed by atoms with Gasteiger partial charge in [-0.1, -0.05) is 11.6 Å². The van der Waals surface area contributed by atoms with Gasteiger partial charge in [0, 0.05) is 5.02 Å². The minimum absolute atomic E-state index is 0.426. The number of aryl methyl sites for hydroxylation is 1. The molecule has 2 rings (SSSR count). The maximum absolute atomic E-state index is 12.1. The van der Waals surface area contributed by atoms with Crippen molar-refractivity contribution in [2.24, 2.45) is 0 Å². The average molecular weight is 267 g/mol. The number of carbonyl (C=O) groups excluding carboxylic acids is 1. The highest BCUT2D eigenvalue weighted by Crippen LogP contribution is 2.21. The van der Waals surface area contributed by atoms with Gasteiger partial charge in [0.05, 0.1) is 11.0 Å². The smallest absolute Gasteiger partial charge is 0.420 e. The van der Waals surface area contributed by atoms with E-state index in [1.165, 1.54) is 4.57 Å². The van der Waals surface area contributed by atoms with Crippen molar-refractivity contribution >= 4 is 28.7 Å². The zero-order chi connectivity index (χ0) is 13.5. The van der Waals surface area contributed by atoms with E-state index in [1.54, 1.807) is 25.1 Å². The summed E-state index contributed by atoms with van der Waals surface area (Å²) in [6, 6.07) is 5.22. The molecule has 0 aliphatic carbocycles. The van der Waals surface area contributed by atoms with Crippen LogP contribution >= 0.6 is 11.6 Å². The normalized spacial score (nSPS) is 11.8. The number of fused-ring (bicyclic) bond motifs is 1. The molecule has 0 fully saturated rings. The molecule has 2 aromatic rings. The van der Waals surface area contributed by atoms with Crippen molar-refractivity contribution in [3.8, 4) is 0 Å². The van der Waals surface area contributed by atoms with E-state index in [9.17, 15) is 4.79 Å². The Labute approximate surface area is 111 Å². The Morgan fingerprint density at radius 1 is 1.39 bits per heavy atom. The molecule has 0 saturated heterocycles. The third kappa shape index (κ3) is 2.48. The van der Waals surface area contributed by atoms with E-state index in [1.807, 2.05) is 20.8 Å². The molecule has 96 valence electrons. The number of hydrogen-bond donors (Lipinski definition) is 0. The first-order valence-electron chi connectivity index (χ1n) is 5.66. The first-order valence-corrected chi connectivity index (χ1v) is 6.04. The molecule has 18 heavy (non-hydrogen) atoms. The second-order valence-electron chi connectivity index (χ2n) is 5.11. The highest BCUT2D eigenvalue weighted by Gasteiger charge is 2.21. The molecule has 1 heterocycles. The molecule has 4 nitrogen and oxygen atoms in total. The van der Waals surface area contributed by atoms with Crippen LogP contribution in [-0.2, 0) is 4.74 Å². The number of halogens is 1. The van der Waals surface area contributed by atoms with Gasteiger partial charge in [-0.2, -0.15) is 0 Å². The van der Waals surface area contributed by atoms with Crippen LogP contribution in [-0.4, -0.2) is 21.2 Å². The van der Waals surface area contributed by atoms with Crippen molar-refractivity contribution in [1.29, 1.82) is 0 Å². The molecule has 0 aliphatic rings. The van der Waals surface area contributed by atoms with E-state index in [4.69, 9.17) is 16.3 Å². The van der Waals surface area contributed by atoms with Crippen molar-refractivity contribution in [3.63, 3.8) is 0 Å². The third-order valence-corrected chi connectivity index (χ3v) is 2.60. The van der Waals surface area contributed by atoms with Gasteiger partial charge in [-0.25, -0.2) is 14.3 Å². The minimum atomic E-state index is -0.535. The third-order valence-electron chi connectivity index (χ3n) is 2.36. The van der Waals surface area contributed by atoms with Gasteiger partial charge >= 0.3 is 6.09 Å². The second kappa shape index (κ2) is 4.28. The Balaban J connectivity index is 2.51. The molecule has 0 N–H and O–H groups in total. The van der Waals surface area contributed by atoms with Crippen molar-refractivity contribution < 1.29 is 9.53 Å². The molecule has 0 aliphatic heterocycles. The zero-order valence-corrected chi connectivity index (χ0v) is 11.6. The lowest BCUT2D eigenvalue weighted by atomic mass is 10.2. The van der Waals surface area contributed by atoms with Crippen LogP contribution in [0.25, 0.3) is 11.0 Å². The first-order chi connectivity index (χ1) is 8.28. The van der Waals surface area contributed by atoms with Crippen molar-refractivity contribution in [2.45, 2.75) is 33.3 Å². The largest absolute Gasteiger partial charge is 0.443 e. The van der Waals surface area contributed by atoms with Gasteiger partial charge in [0.1, 0.15) is 11.4 Å². The van der Waals surface area contributed by atoms with Crippen LogP contribution in [0, 0.1) is 6.92 Å². The van der Waals surface area contributed by atoms with E-state index in [-0.39, 0.29) is 0 Å². The molecular weight excluding hydrogens is 252 g/mol. The van der Waals surface area contributed by atoms with Crippen molar-refractivity contribution in [3.05, 3.63) is 29.0 Å². The summed E-state index contributed by atoms with van der Waals surface area (Å²) in [5.74, 6) is 0.585. The molecule has 0 spiro atoms.